The Morgan fingerprint density at radius 1 is 1.27 bits per heavy atom. The summed E-state index contributed by atoms with van der Waals surface area (Å²) in [6.45, 7) is 0. The molecule has 0 saturated heterocycles. The van der Waals surface area contributed by atoms with Crippen molar-refractivity contribution in [1.82, 2.24) is 5.32 Å². The van der Waals surface area contributed by atoms with Gasteiger partial charge in [0.2, 0.25) is 5.91 Å². The molecule has 0 aromatic heterocycles. The van der Waals surface area contributed by atoms with Gasteiger partial charge in [-0.1, -0.05) is 6.42 Å². The van der Waals surface area contributed by atoms with E-state index in [1.54, 1.807) is 0 Å². The largest absolute Gasteiger partial charge is 0.480 e. The van der Waals surface area contributed by atoms with Gasteiger partial charge in [0.25, 0.3) is 0 Å². The van der Waals surface area contributed by atoms with E-state index in [9.17, 15) is 9.59 Å². The first kappa shape index (κ1) is 10.5. The second-order valence-electron chi connectivity index (χ2n) is 4.72. The molecule has 4 heteroatoms. The molecule has 2 aliphatic carbocycles. The first-order chi connectivity index (χ1) is 7.16. The maximum absolute atomic E-state index is 11.5. The lowest BCUT2D eigenvalue weighted by Crippen LogP contribution is -2.43. The SMILES string of the molecule is O=C(CC1CCC1)NC(C(=O)O)C1CC1. The molecule has 1 atom stereocenters. The Kier molecular flexibility index (Phi) is 2.93. The standard InChI is InChI=1S/C11H17NO3/c13-9(6-7-2-1-3-7)12-10(11(14)15)8-4-5-8/h7-8,10H,1-6H2,(H,12,13)(H,14,15). The Morgan fingerprint density at radius 2 is 1.93 bits per heavy atom. The second-order valence-corrected chi connectivity index (χ2v) is 4.72. The van der Waals surface area contributed by atoms with Crippen molar-refractivity contribution in [3.05, 3.63) is 0 Å². The molecule has 1 unspecified atom stereocenters. The molecule has 0 spiro atoms. The van der Waals surface area contributed by atoms with Crippen LogP contribution in [0.25, 0.3) is 0 Å². The van der Waals surface area contributed by atoms with E-state index in [1.807, 2.05) is 0 Å². The molecule has 0 radical (unpaired) electrons. The Balaban J connectivity index is 1.77. The van der Waals surface area contributed by atoms with E-state index in [0.29, 0.717) is 12.3 Å². The first-order valence-corrected chi connectivity index (χ1v) is 5.69. The number of rotatable bonds is 5. The van der Waals surface area contributed by atoms with Gasteiger partial charge in [0.1, 0.15) is 6.04 Å². The molecule has 0 bridgehead atoms. The van der Waals surface area contributed by atoms with Crippen molar-refractivity contribution in [3.63, 3.8) is 0 Å². The smallest absolute Gasteiger partial charge is 0.326 e. The van der Waals surface area contributed by atoms with Crippen molar-refractivity contribution in [1.29, 1.82) is 0 Å². The molecular formula is C11H17NO3. The molecule has 0 aromatic carbocycles. The Labute approximate surface area is 89.0 Å². The molecule has 2 fully saturated rings. The molecular weight excluding hydrogens is 194 g/mol. The van der Waals surface area contributed by atoms with Gasteiger partial charge in [-0.25, -0.2) is 4.79 Å². The zero-order chi connectivity index (χ0) is 10.8. The highest BCUT2D eigenvalue weighted by Crippen LogP contribution is 2.33. The van der Waals surface area contributed by atoms with Gasteiger partial charge >= 0.3 is 5.97 Å². The van der Waals surface area contributed by atoms with Crippen LogP contribution in [0.2, 0.25) is 0 Å². The number of carboxylic acid groups (broad SMARTS) is 1. The number of carboxylic acids is 1. The average Bonchev–Trinajstić information content (AvgIpc) is 2.90. The summed E-state index contributed by atoms with van der Waals surface area (Å²) in [4.78, 5) is 22.4. The monoisotopic (exact) mass is 211 g/mol. The van der Waals surface area contributed by atoms with Gasteiger partial charge in [-0.3, -0.25) is 4.79 Å². The summed E-state index contributed by atoms with van der Waals surface area (Å²) in [5, 5.41) is 11.6. The third-order valence-electron chi connectivity index (χ3n) is 3.37. The predicted molar refractivity (Wildman–Crippen MR) is 54.2 cm³/mol. The van der Waals surface area contributed by atoms with E-state index in [-0.39, 0.29) is 11.8 Å². The summed E-state index contributed by atoms with van der Waals surface area (Å²) in [6.07, 6.45) is 5.82. The van der Waals surface area contributed by atoms with Gasteiger partial charge < -0.3 is 10.4 Å². The summed E-state index contributed by atoms with van der Waals surface area (Å²) in [5.74, 6) is -0.301. The predicted octanol–water partition coefficient (Wildman–Crippen LogP) is 1.16. The number of hydrogen-bond donors (Lipinski definition) is 2. The molecule has 0 heterocycles. The topological polar surface area (TPSA) is 66.4 Å². The molecule has 2 rings (SSSR count). The van der Waals surface area contributed by atoms with Gasteiger partial charge in [-0.2, -0.15) is 0 Å². The van der Waals surface area contributed by atoms with Crippen molar-refractivity contribution in [2.45, 2.75) is 44.6 Å². The molecule has 2 saturated carbocycles. The molecule has 1 amide bonds. The maximum Gasteiger partial charge on any atom is 0.326 e. The van der Waals surface area contributed by atoms with Gasteiger partial charge in [0.15, 0.2) is 0 Å². The lowest BCUT2D eigenvalue weighted by molar-refractivity contribution is -0.142. The van der Waals surface area contributed by atoms with Crippen LogP contribution in [0.4, 0.5) is 0 Å². The van der Waals surface area contributed by atoms with E-state index in [4.69, 9.17) is 5.11 Å². The zero-order valence-electron chi connectivity index (χ0n) is 8.74. The lowest BCUT2D eigenvalue weighted by atomic mass is 9.83. The number of carbonyl (C=O) groups is 2. The molecule has 0 aromatic rings. The molecule has 2 aliphatic rings. The summed E-state index contributed by atoms with van der Waals surface area (Å²) >= 11 is 0. The fourth-order valence-corrected chi connectivity index (χ4v) is 2.00. The Morgan fingerprint density at radius 3 is 2.33 bits per heavy atom. The number of aliphatic carboxylic acids is 1. The normalized spacial score (nSPS) is 22.9. The van der Waals surface area contributed by atoms with Crippen molar-refractivity contribution < 1.29 is 14.7 Å². The molecule has 0 aliphatic heterocycles. The number of carbonyl (C=O) groups excluding carboxylic acids is 1. The minimum Gasteiger partial charge on any atom is -0.480 e. The summed E-state index contributed by atoms with van der Waals surface area (Å²) in [6, 6.07) is -0.641. The summed E-state index contributed by atoms with van der Waals surface area (Å²) in [5.41, 5.74) is 0. The van der Waals surface area contributed by atoms with Crippen LogP contribution < -0.4 is 5.32 Å². The number of hydrogen-bond acceptors (Lipinski definition) is 2. The van der Waals surface area contributed by atoms with Crippen LogP contribution in [0.1, 0.15) is 38.5 Å². The van der Waals surface area contributed by atoms with Crippen LogP contribution in [0.15, 0.2) is 0 Å². The quantitative estimate of drug-likeness (QED) is 0.717. The highest BCUT2D eigenvalue weighted by molar-refractivity contribution is 5.84. The third-order valence-corrected chi connectivity index (χ3v) is 3.37. The van der Waals surface area contributed by atoms with Gasteiger partial charge in [-0.15, -0.1) is 0 Å². The van der Waals surface area contributed by atoms with Crippen LogP contribution >= 0.6 is 0 Å². The van der Waals surface area contributed by atoms with E-state index in [2.05, 4.69) is 5.32 Å². The average molecular weight is 211 g/mol. The van der Waals surface area contributed by atoms with E-state index < -0.39 is 12.0 Å². The van der Waals surface area contributed by atoms with Gasteiger partial charge in [0, 0.05) is 6.42 Å². The molecule has 2 N–H and O–H groups in total. The Hall–Kier alpha value is -1.06. The minimum absolute atomic E-state index is 0.0843. The lowest BCUT2D eigenvalue weighted by Gasteiger charge is -2.25. The number of amides is 1. The van der Waals surface area contributed by atoms with Crippen LogP contribution in [-0.2, 0) is 9.59 Å². The molecule has 84 valence electrons. The van der Waals surface area contributed by atoms with Crippen LogP contribution in [-0.4, -0.2) is 23.0 Å². The van der Waals surface area contributed by atoms with Crippen molar-refractivity contribution >= 4 is 11.9 Å². The van der Waals surface area contributed by atoms with E-state index >= 15 is 0 Å². The molecule has 15 heavy (non-hydrogen) atoms. The summed E-state index contributed by atoms with van der Waals surface area (Å²) < 4.78 is 0. The van der Waals surface area contributed by atoms with Crippen LogP contribution in [0, 0.1) is 11.8 Å². The second kappa shape index (κ2) is 4.21. The van der Waals surface area contributed by atoms with E-state index in [0.717, 1.165) is 25.7 Å². The summed E-state index contributed by atoms with van der Waals surface area (Å²) in [7, 11) is 0. The number of nitrogens with one attached hydrogen (secondary N) is 1. The minimum atomic E-state index is -0.889. The fraction of sp³-hybridized carbons (Fsp3) is 0.818. The fourth-order valence-electron chi connectivity index (χ4n) is 2.00. The van der Waals surface area contributed by atoms with Gasteiger partial charge in [-0.05, 0) is 37.5 Å². The third kappa shape index (κ3) is 2.70. The van der Waals surface area contributed by atoms with E-state index in [1.165, 1.54) is 6.42 Å². The highest BCUT2D eigenvalue weighted by Gasteiger charge is 2.37. The van der Waals surface area contributed by atoms with Crippen molar-refractivity contribution in [2.75, 3.05) is 0 Å². The first-order valence-electron chi connectivity index (χ1n) is 5.69. The van der Waals surface area contributed by atoms with Crippen molar-refractivity contribution in [3.8, 4) is 0 Å². The van der Waals surface area contributed by atoms with Gasteiger partial charge in [0.05, 0.1) is 0 Å². The van der Waals surface area contributed by atoms with Crippen molar-refractivity contribution in [2.24, 2.45) is 11.8 Å². The maximum atomic E-state index is 11.5. The van der Waals surface area contributed by atoms with Crippen LogP contribution in [0.3, 0.4) is 0 Å². The molecule has 4 nitrogen and oxygen atoms in total. The highest BCUT2D eigenvalue weighted by atomic mass is 16.4. The Bertz CT molecular complexity index is 269. The van der Waals surface area contributed by atoms with Crippen LogP contribution in [0.5, 0.6) is 0 Å². The zero-order valence-corrected chi connectivity index (χ0v) is 8.74.